The van der Waals surface area contributed by atoms with Crippen LogP contribution in [0.25, 0.3) is 0 Å². The quantitative estimate of drug-likeness (QED) is 0.869. The number of rotatable bonds is 3. The summed E-state index contributed by atoms with van der Waals surface area (Å²) in [5.74, 6) is 1.86. The Balaban J connectivity index is 1.62. The molecule has 1 fully saturated rings. The van der Waals surface area contributed by atoms with Crippen molar-refractivity contribution in [2.75, 3.05) is 0 Å². The number of carbonyl (C=O) groups is 1. The van der Waals surface area contributed by atoms with Crippen LogP contribution in [0.3, 0.4) is 0 Å². The first-order valence-electron chi connectivity index (χ1n) is 7.85. The Kier molecular flexibility index (Phi) is 3.42. The van der Waals surface area contributed by atoms with E-state index < -0.39 is 0 Å². The van der Waals surface area contributed by atoms with Crippen molar-refractivity contribution in [3.05, 3.63) is 29.9 Å². The lowest BCUT2D eigenvalue weighted by molar-refractivity contribution is -0.124. The van der Waals surface area contributed by atoms with Gasteiger partial charge >= 0.3 is 0 Å². The van der Waals surface area contributed by atoms with Gasteiger partial charge in [0.05, 0.1) is 5.92 Å². The first-order chi connectivity index (χ1) is 9.89. The molecule has 2 aliphatic rings. The summed E-state index contributed by atoms with van der Waals surface area (Å²) in [6, 6.07) is 0.239. The van der Waals surface area contributed by atoms with Gasteiger partial charge in [-0.3, -0.25) is 4.79 Å². The van der Waals surface area contributed by atoms with E-state index in [0.717, 1.165) is 25.2 Å². The molecule has 0 saturated heterocycles. The largest absolute Gasteiger partial charge is 0.351 e. The van der Waals surface area contributed by atoms with Crippen LogP contribution in [0.15, 0.2) is 24.0 Å². The second-order valence-corrected chi connectivity index (χ2v) is 7.31. The molecule has 4 nitrogen and oxygen atoms in total. The van der Waals surface area contributed by atoms with Gasteiger partial charge in [-0.2, -0.15) is 0 Å². The van der Waals surface area contributed by atoms with E-state index in [1.807, 2.05) is 12.4 Å². The molecule has 0 spiro atoms. The number of hydrogen-bond donors (Lipinski definition) is 1. The predicted molar refractivity (Wildman–Crippen MR) is 82.7 cm³/mol. The number of hydrogen-bond acceptors (Lipinski definition) is 2. The number of aryl methyl sites for hydroxylation is 1. The molecule has 21 heavy (non-hydrogen) atoms. The zero-order valence-electron chi connectivity index (χ0n) is 13.4. The van der Waals surface area contributed by atoms with Gasteiger partial charge < -0.3 is 9.88 Å². The van der Waals surface area contributed by atoms with E-state index in [1.165, 1.54) is 5.57 Å². The minimum Gasteiger partial charge on any atom is -0.351 e. The number of allylic oxidation sites excluding steroid dienone is 2. The molecule has 1 saturated carbocycles. The zero-order chi connectivity index (χ0) is 15.2. The van der Waals surface area contributed by atoms with E-state index in [-0.39, 0.29) is 23.3 Å². The van der Waals surface area contributed by atoms with Crippen LogP contribution in [0.5, 0.6) is 0 Å². The second-order valence-electron chi connectivity index (χ2n) is 7.31. The molecule has 1 amide bonds. The summed E-state index contributed by atoms with van der Waals surface area (Å²) in [5, 5.41) is 3.25. The molecule has 114 valence electrons. The SMILES string of the molecule is CC(C)=CC1C(C(=O)NC2CCc3nccn3C2)C1(C)C. The minimum atomic E-state index is 0.0934. The van der Waals surface area contributed by atoms with Crippen LogP contribution < -0.4 is 5.32 Å². The third-order valence-corrected chi connectivity index (χ3v) is 4.99. The highest BCUT2D eigenvalue weighted by molar-refractivity contribution is 5.84. The van der Waals surface area contributed by atoms with Gasteiger partial charge in [-0.1, -0.05) is 25.5 Å². The van der Waals surface area contributed by atoms with E-state index in [1.54, 1.807) is 0 Å². The Hall–Kier alpha value is -1.58. The highest BCUT2D eigenvalue weighted by atomic mass is 16.2. The summed E-state index contributed by atoms with van der Waals surface area (Å²) in [5.41, 5.74) is 1.39. The number of nitrogens with zero attached hydrogens (tertiary/aromatic N) is 2. The lowest BCUT2D eigenvalue weighted by Gasteiger charge is -2.25. The molecule has 1 N–H and O–H groups in total. The maximum atomic E-state index is 12.6. The highest BCUT2D eigenvalue weighted by Crippen LogP contribution is 2.59. The van der Waals surface area contributed by atoms with Gasteiger partial charge in [0.2, 0.25) is 5.91 Å². The number of imidazole rings is 1. The third-order valence-electron chi connectivity index (χ3n) is 4.99. The average molecular weight is 287 g/mol. The normalized spacial score (nSPS) is 29.4. The first-order valence-corrected chi connectivity index (χ1v) is 7.85. The molecule has 0 bridgehead atoms. The second kappa shape index (κ2) is 5.00. The molecule has 3 atom stereocenters. The number of carbonyl (C=O) groups excluding carboxylic acids is 1. The number of fused-ring (bicyclic) bond motifs is 1. The van der Waals surface area contributed by atoms with Crippen molar-refractivity contribution in [2.45, 2.75) is 53.1 Å². The standard InChI is InChI=1S/C17H25N3O/c1-11(2)9-13-15(17(13,3)4)16(21)19-12-5-6-14-18-7-8-20(14)10-12/h7-9,12-13,15H,5-6,10H2,1-4H3,(H,19,21). The maximum absolute atomic E-state index is 12.6. The van der Waals surface area contributed by atoms with Gasteiger partial charge in [-0.25, -0.2) is 4.98 Å². The van der Waals surface area contributed by atoms with Gasteiger partial charge in [-0.15, -0.1) is 0 Å². The Morgan fingerprint density at radius 1 is 1.48 bits per heavy atom. The van der Waals surface area contributed by atoms with E-state index in [2.05, 4.69) is 48.6 Å². The Morgan fingerprint density at radius 3 is 2.95 bits per heavy atom. The number of nitrogens with one attached hydrogen (secondary N) is 1. The Bertz CT molecular complexity index is 581. The fourth-order valence-corrected chi connectivity index (χ4v) is 3.62. The zero-order valence-corrected chi connectivity index (χ0v) is 13.4. The van der Waals surface area contributed by atoms with Gasteiger partial charge in [-0.05, 0) is 31.6 Å². The van der Waals surface area contributed by atoms with Gasteiger partial charge in [0.1, 0.15) is 5.82 Å². The molecule has 3 rings (SSSR count). The minimum absolute atomic E-state index is 0.0934. The molecular weight excluding hydrogens is 262 g/mol. The Labute approximate surface area is 126 Å². The lowest BCUT2D eigenvalue weighted by atomic mass is 10.1. The summed E-state index contributed by atoms with van der Waals surface area (Å²) >= 11 is 0. The van der Waals surface area contributed by atoms with Crippen molar-refractivity contribution in [2.24, 2.45) is 17.3 Å². The van der Waals surface area contributed by atoms with Crippen LogP contribution in [0.2, 0.25) is 0 Å². The molecule has 0 aromatic carbocycles. The third kappa shape index (κ3) is 2.63. The van der Waals surface area contributed by atoms with Crippen LogP contribution in [-0.4, -0.2) is 21.5 Å². The van der Waals surface area contributed by atoms with Gasteiger partial charge in [0, 0.05) is 31.4 Å². The van der Waals surface area contributed by atoms with Crippen LogP contribution in [0.1, 0.15) is 39.9 Å². The number of aromatic nitrogens is 2. The van der Waals surface area contributed by atoms with Crippen molar-refractivity contribution in [3.8, 4) is 0 Å². The fourth-order valence-electron chi connectivity index (χ4n) is 3.62. The first kappa shape index (κ1) is 14.4. The lowest BCUT2D eigenvalue weighted by Crippen LogP contribution is -2.42. The van der Waals surface area contributed by atoms with Crippen LogP contribution >= 0.6 is 0 Å². The van der Waals surface area contributed by atoms with E-state index in [9.17, 15) is 4.79 Å². The average Bonchev–Trinajstić information content (AvgIpc) is 2.74. The summed E-state index contributed by atoms with van der Waals surface area (Å²) in [7, 11) is 0. The molecular formula is C17H25N3O. The van der Waals surface area contributed by atoms with Crippen LogP contribution in [0, 0.1) is 17.3 Å². The summed E-state index contributed by atoms with van der Waals surface area (Å²) < 4.78 is 2.15. The molecule has 2 heterocycles. The number of amides is 1. The van der Waals surface area contributed by atoms with Gasteiger partial charge in [0.25, 0.3) is 0 Å². The van der Waals surface area contributed by atoms with Crippen molar-refractivity contribution < 1.29 is 4.79 Å². The van der Waals surface area contributed by atoms with E-state index in [0.29, 0.717) is 5.92 Å². The Morgan fingerprint density at radius 2 is 2.24 bits per heavy atom. The summed E-state index contributed by atoms with van der Waals surface area (Å²) in [6.45, 7) is 9.43. The molecule has 3 unspecified atom stereocenters. The van der Waals surface area contributed by atoms with Crippen LogP contribution in [-0.2, 0) is 17.8 Å². The molecule has 0 radical (unpaired) electrons. The molecule has 1 aliphatic heterocycles. The molecule has 1 aromatic rings. The van der Waals surface area contributed by atoms with Crippen molar-refractivity contribution in [1.82, 2.24) is 14.9 Å². The smallest absolute Gasteiger partial charge is 0.224 e. The fraction of sp³-hybridized carbons (Fsp3) is 0.647. The summed E-state index contributed by atoms with van der Waals surface area (Å²) in [4.78, 5) is 16.9. The molecule has 4 heteroatoms. The van der Waals surface area contributed by atoms with Crippen molar-refractivity contribution in [1.29, 1.82) is 0 Å². The van der Waals surface area contributed by atoms with E-state index >= 15 is 0 Å². The monoisotopic (exact) mass is 287 g/mol. The molecule has 1 aliphatic carbocycles. The van der Waals surface area contributed by atoms with Gasteiger partial charge in [0.15, 0.2) is 0 Å². The maximum Gasteiger partial charge on any atom is 0.224 e. The molecule has 1 aromatic heterocycles. The van der Waals surface area contributed by atoms with Crippen molar-refractivity contribution >= 4 is 5.91 Å². The van der Waals surface area contributed by atoms with Crippen LogP contribution in [0.4, 0.5) is 0 Å². The highest BCUT2D eigenvalue weighted by Gasteiger charge is 2.60. The van der Waals surface area contributed by atoms with E-state index in [4.69, 9.17) is 0 Å². The van der Waals surface area contributed by atoms with Crippen molar-refractivity contribution in [3.63, 3.8) is 0 Å². The predicted octanol–water partition coefficient (Wildman–Crippen LogP) is 2.55. The summed E-state index contributed by atoms with van der Waals surface area (Å²) in [6.07, 6.45) is 8.03. The topological polar surface area (TPSA) is 46.9 Å².